The molecule has 1 rings (SSSR count). The van der Waals surface area contributed by atoms with Gasteiger partial charge in [0.25, 0.3) is 0 Å². The van der Waals surface area contributed by atoms with E-state index in [4.69, 9.17) is 5.73 Å². The molecule has 0 heterocycles. The maximum absolute atomic E-state index is 11.6. The molecule has 1 unspecified atom stereocenters. The molecule has 1 atom stereocenters. The van der Waals surface area contributed by atoms with Crippen LogP contribution in [0.4, 0.5) is 0 Å². The third-order valence-electron chi connectivity index (χ3n) is 1.94. The Morgan fingerprint density at radius 3 is 2.57 bits per heavy atom. The Morgan fingerprint density at radius 1 is 1.43 bits per heavy atom. The number of hydrogen-bond acceptors (Lipinski definition) is 2. The molecule has 0 fully saturated rings. The van der Waals surface area contributed by atoms with Gasteiger partial charge in [-0.15, -0.1) is 12.4 Å². The van der Waals surface area contributed by atoms with Crippen molar-refractivity contribution in [2.75, 3.05) is 5.75 Å². The molecule has 0 radical (unpaired) electrons. The highest BCUT2D eigenvalue weighted by molar-refractivity contribution is 7.85. The summed E-state index contributed by atoms with van der Waals surface area (Å²) in [5.74, 6) is 0.649. The molecule has 0 aliphatic rings. The molecule has 0 bridgehead atoms. The number of rotatable bonds is 3. The van der Waals surface area contributed by atoms with Crippen LogP contribution < -0.4 is 5.73 Å². The average molecular weight is 234 g/mol. The van der Waals surface area contributed by atoms with Crippen molar-refractivity contribution in [3.63, 3.8) is 0 Å². The molecule has 80 valence electrons. The summed E-state index contributed by atoms with van der Waals surface area (Å²) >= 11 is 0. The predicted octanol–water partition coefficient (Wildman–Crippen LogP) is 2.00. The first-order valence-electron chi connectivity index (χ1n) is 4.37. The molecule has 0 aliphatic carbocycles. The molecule has 0 saturated heterocycles. The van der Waals surface area contributed by atoms with E-state index in [1.165, 1.54) is 0 Å². The lowest BCUT2D eigenvalue weighted by Crippen LogP contribution is -2.04. The largest absolute Gasteiger partial charge is 0.326 e. The van der Waals surface area contributed by atoms with Crippen molar-refractivity contribution in [2.24, 2.45) is 5.73 Å². The van der Waals surface area contributed by atoms with Crippen molar-refractivity contribution in [1.29, 1.82) is 0 Å². The van der Waals surface area contributed by atoms with Gasteiger partial charge < -0.3 is 5.73 Å². The summed E-state index contributed by atoms with van der Waals surface area (Å²) in [5, 5.41) is 0. The van der Waals surface area contributed by atoms with Crippen molar-refractivity contribution in [1.82, 2.24) is 0 Å². The van der Waals surface area contributed by atoms with E-state index < -0.39 is 10.8 Å². The SMILES string of the molecule is CCS(=O)c1ccc(C)cc1CN.Cl. The summed E-state index contributed by atoms with van der Waals surface area (Å²) < 4.78 is 11.6. The second-order valence-electron chi connectivity index (χ2n) is 2.95. The van der Waals surface area contributed by atoms with Crippen LogP contribution in [0.1, 0.15) is 18.1 Å². The fraction of sp³-hybridized carbons (Fsp3) is 0.400. The quantitative estimate of drug-likeness (QED) is 0.868. The molecular weight excluding hydrogens is 218 g/mol. The third-order valence-corrected chi connectivity index (χ3v) is 3.36. The molecule has 0 aromatic heterocycles. The highest BCUT2D eigenvalue weighted by Gasteiger charge is 2.06. The van der Waals surface area contributed by atoms with Gasteiger partial charge in [-0.25, -0.2) is 0 Å². The van der Waals surface area contributed by atoms with Gasteiger partial charge >= 0.3 is 0 Å². The first-order valence-corrected chi connectivity index (χ1v) is 5.69. The lowest BCUT2D eigenvalue weighted by molar-refractivity contribution is 0.683. The Morgan fingerprint density at radius 2 is 2.07 bits per heavy atom. The molecule has 1 aromatic rings. The molecule has 2 nitrogen and oxygen atoms in total. The third kappa shape index (κ3) is 3.08. The number of benzene rings is 1. The standard InChI is InChI=1S/C10H15NOS.ClH/c1-3-13(12)10-5-4-8(2)6-9(10)7-11;/h4-6H,3,7,11H2,1-2H3;1H. The summed E-state index contributed by atoms with van der Waals surface area (Å²) in [5.41, 5.74) is 7.74. The summed E-state index contributed by atoms with van der Waals surface area (Å²) in [4.78, 5) is 0.885. The zero-order valence-corrected chi connectivity index (χ0v) is 10.1. The van der Waals surface area contributed by atoms with E-state index >= 15 is 0 Å². The van der Waals surface area contributed by atoms with Gasteiger partial charge in [-0.2, -0.15) is 0 Å². The number of aryl methyl sites for hydroxylation is 1. The molecule has 2 N–H and O–H groups in total. The highest BCUT2D eigenvalue weighted by Crippen LogP contribution is 2.15. The van der Waals surface area contributed by atoms with E-state index in [-0.39, 0.29) is 12.4 Å². The van der Waals surface area contributed by atoms with Gasteiger partial charge in [0.1, 0.15) is 0 Å². The van der Waals surface area contributed by atoms with Crippen molar-refractivity contribution < 1.29 is 4.21 Å². The Bertz CT molecular complexity index is 328. The fourth-order valence-electron chi connectivity index (χ4n) is 1.25. The number of hydrogen-bond donors (Lipinski definition) is 1. The minimum Gasteiger partial charge on any atom is -0.326 e. The van der Waals surface area contributed by atoms with E-state index in [1.54, 1.807) is 0 Å². The van der Waals surface area contributed by atoms with E-state index in [9.17, 15) is 4.21 Å². The van der Waals surface area contributed by atoms with Gasteiger partial charge in [-0.1, -0.05) is 24.6 Å². The van der Waals surface area contributed by atoms with Crippen LogP contribution >= 0.6 is 12.4 Å². The lowest BCUT2D eigenvalue weighted by atomic mass is 10.1. The van der Waals surface area contributed by atoms with E-state index in [0.29, 0.717) is 12.3 Å². The Kier molecular flexibility index (Phi) is 6.00. The second kappa shape index (κ2) is 6.17. The van der Waals surface area contributed by atoms with Crippen LogP contribution in [0, 0.1) is 6.92 Å². The average Bonchev–Trinajstić information content (AvgIpc) is 2.16. The summed E-state index contributed by atoms with van der Waals surface area (Å²) in [7, 11) is -0.890. The first kappa shape index (κ1) is 13.6. The second-order valence-corrected chi connectivity index (χ2v) is 4.66. The monoisotopic (exact) mass is 233 g/mol. The molecule has 1 aromatic carbocycles. The van der Waals surface area contributed by atoms with Crippen LogP contribution in [-0.4, -0.2) is 9.96 Å². The Balaban J connectivity index is 0.00000169. The Hall–Kier alpha value is -0.380. The minimum atomic E-state index is -0.890. The number of nitrogens with two attached hydrogens (primary N) is 1. The van der Waals surface area contributed by atoms with Crippen LogP contribution in [0.2, 0.25) is 0 Å². The van der Waals surface area contributed by atoms with E-state index in [2.05, 4.69) is 0 Å². The maximum Gasteiger partial charge on any atom is 0.0530 e. The number of halogens is 1. The van der Waals surface area contributed by atoms with Gasteiger partial charge in [-0.3, -0.25) is 4.21 Å². The minimum absolute atomic E-state index is 0. The molecule has 0 aliphatic heterocycles. The zero-order chi connectivity index (χ0) is 9.84. The van der Waals surface area contributed by atoms with Crippen molar-refractivity contribution in [3.8, 4) is 0 Å². The topological polar surface area (TPSA) is 43.1 Å². The fourth-order valence-corrected chi connectivity index (χ4v) is 2.21. The first-order chi connectivity index (χ1) is 6.19. The highest BCUT2D eigenvalue weighted by atomic mass is 35.5. The van der Waals surface area contributed by atoms with Crippen molar-refractivity contribution in [2.45, 2.75) is 25.3 Å². The van der Waals surface area contributed by atoms with E-state index in [0.717, 1.165) is 16.0 Å². The predicted molar refractivity (Wildman–Crippen MR) is 63.3 cm³/mol. The summed E-state index contributed by atoms with van der Waals surface area (Å²) in [6.07, 6.45) is 0. The molecule has 4 heteroatoms. The van der Waals surface area contributed by atoms with E-state index in [1.807, 2.05) is 32.0 Å². The maximum atomic E-state index is 11.6. The van der Waals surface area contributed by atoms with Gasteiger partial charge in [0.15, 0.2) is 0 Å². The molecule has 0 saturated carbocycles. The van der Waals surface area contributed by atoms with Gasteiger partial charge in [0.05, 0.1) is 10.8 Å². The Labute approximate surface area is 93.8 Å². The smallest absolute Gasteiger partial charge is 0.0530 e. The van der Waals surface area contributed by atoms with Crippen molar-refractivity contribution >= 4 is 23.2 Å². The normalized spacial score (nSPS) is 11.9. The van der Waals surface area contributed by atoms with Crippen LogP contribution in [-0.2, 0) is 17.3 Å². The zero-order valence-electron chi connectivity index (χ0n) is 8.45. The molecule has 0 amide bonds. The molecule has 14 heavy (non-hydrogen) atoms. The van der Waals surface area contributed by atoms with Crippen LogP contribution in [0.25, 0.3) is 0 Å². The van der Waals surface area contributed by atoms with Crippen LogP contribution in [0.5, 0.6) is 0 Å². The van der Waals surface area contributed by atoms with Gasteiger partial charge in [0.2, 0.25) is 0 Å². The molecular formula is C10H16ClNOS. The summed E-state index contributed by atoms with van der Waals surface area (Å²) in [6, 6.07) is 5.89. The van der Waals surface area contributed by atoms with Gasteiger partial charge in [-0.05, 0) is 18.6 Å². The molecule has 0 spiro atoms. The van der Waals surface area contributed by atoms with Crippen LogP contribution in [0.15, 0.2) is 23.1 Å². The van der Waals surface area contributed by atoms with Crippen LogP contribution in [0.3, 0.4) is 0 Å². The van der Waals surface area contributed by atoms with Gasteiger partial charge in [0, 0.05) is 17.2 Å². The lowest BCUT2D eigenvalue weighted by Gasteiger charge is -2.06. The summed E-state index contributed by atoms with van der Waals surface area (Å²) in [6.45, 7) is 4.39. The van der Waals surface area contributed by atoms with Crippen molar-refractivity contribution in [3.05, 3.63) is 29.3 Å².